The van der Waals surface area contributed by atoms with E-state index in [-0.39, 0.29) is 0 Å². The standard InChI is InChI=1S/C6H8N2/c1-2-6-7-3-5-8(6)4-1/h1-2,4,7H,3,5H2. The zero-order valence-corrected chi connectivity index (χ0v) is 4.59. The first-order chi connectivity index (χ1) is 3.97. The van der Waals surface area contributed by atoms with E-state index in [0.717, 1.165) is 13.1 Å². The van der Waals surface area contributed by atoms with E-state index in [1.165, 1.54) is 5.82 Å². The lowest BCUT2D eigenvalue weighted by Crippen LogP contribution is -1.92. The molecule has 0 radical (unpaired) electrons. The highest BCUT2D eigenvalue weighted by molar-refractivity contribution is 5.39. The molecule has 0 saturated carbocycles. The summed E-state index contributed by atoms with van der Waals surface area (Å²) >= 11 is 0. The van der Waals surface area contributed by atoms with Crippen LogP contribution in [0.25, 0.3) is 0 Å². The van der Waals surface area contributed by atoms with Gasteiger partial charge in [0.1, 0.15) is 5.82 Å². The second-order valence-electron chi connectivity index (χ2n) is 2.01. The fourth-order valence-electron chi connectivity index (χ4n) is 1.07. The summed E-state index contributed by atoms with van der Waals surface area (Å²) in [6.07, 6.45) is 2.09. The van der Waals surface area contributed by atoms with Gasteiger partial charge in [0.05, 0.1) is 0 Å². The Kier molecular flexibility index (Phi) is 0.640. The van der Waals surface area contributed by atoms with Crippen molar-refractivity contribution in [3.05, 3.63) is 18.3 Å². The molecule has 8 heavy (non-hydrogen) atoms. The van der Waals surface area contributed by atoms with Crippen LogP contribution >= 0.6 is 0 Å². The first kappa shape index (κ1) is 4.01. The second kappa shape index (κ2) is 1.28. The average molecular weight is 108 g/mol. The molecule has 0 saturated heterocycles. The summed E-state index contributed by atoms with van der Waals surface area (Å²) in [5.74, 6) is 1.25. The molecule has 0 fully saturated rings. The van der Waals surface area contributed by atoms with E-state index >= 15 is 0 Å². The molecule has 2 heteroatoms. The van der Waals surface area contributed by atoms with Crippen LogP contribution < -0.4 is 5.32 Å². The molecule has 1 aliphatic heterocycles. The Labute approximate surface area is 48.1 Å². The molecule has 0 aliphatic carbocycles. The number of fused-ring (bicyclic) bond motifs is 1. The molecular weight excluding hydrogens is 100 g/mol. The van der Waals surface area contributed by atoms with Gasteiger partial charge in [0.25, 0.3) is 0 Å². The van der Waals surface area contributed by atoms with E-state index < -0.39 is 0 Å². The Bertz CT molecular complexity index is 172. The normalized spacial score (nSPS) is 15.5. The van der Waals surface area contributed by atoms with Crippen molar-refractivity contribution in [1.82, 2.24) is 4.57 Å². The van der Waals surface area contributed by atoms with Crippen LogP contribution in [0.5, 0.6) is 0 Å². The van der Waals surface area contributed by atoms with Crippen molar-refractivity contribution >= 4 is 5.82 Å². The average Bonchev–Trinajstić information content (AvgIpc) is 2.15. The molecular formula is C6H8N2. The summed E-state index contributed by atoms with van der Waals surface area (Å²) in [6, 6.07) is 4.15. The molecule has 42 valence electrons. The molecule has 0 bridgehead atoms. The Hall–Kier alpha value is -0.920. The summed E-state index contributed by atoms with van der Waals surface area (Å²) in [6.45, 7) is 2.22. The van der Waals surface area contributed by atoms with Gasteiger partial charge in [0.15, 0.2) is 0 Å². The van der Waals surface area contributed by atoms with Gasteiger partial charge in [-0.25, -0.2) is 0 Å². The molecule has 2 nitrogen and oxygen atoms in total. The molecule has 0 atom stereocenters. The Balaban J connectivity index is 2.54. The lowest BCUT2D eigenvalue weighted by atomic mass is 10.6. The fraction of sp³-hybridized carbons (Fsp3) is 0.333. The maximum absolute atomic E-state index is 3.24. The first-order valence-corrected chi connectivity index (χ1v) is 2.86. The number of nitrogens with zero attached hydrogens (tertiary/aromatic N) is 1. The number of anilines is 1. The van der Waals surface area contributed by atoms with E-state index in [0.29, 0.717) is 0 Å². The van der Waals surface area contributed by atoms with Crippen LogP contribution in [0.4, 0.5) is 5.82 Å². The lowest BCUT2D eigenvalue weighted by Gasteiger charge is -1.89. The number of rotatable bonds is 0. The van der Waals surface area contributed by atoms with Gasteiger partial charge in [-0.3, -0.25) is 0 Å². The molecule has 1 N–H and O–H groups in total. The zero-order chi connectivity index (χ0) is 5.40. The molecule has 1 aromatic heterocycles. The van der Waals surface area contributed by atoms with Crippen molar-refractivity contribution in [2.45, 2.75) is 6.54 Å². The van der Waals surface area contributed by atoms with Crippen molar-refractivity contribution < 1.29 is 0 Å². The van der Waals surface area contributed by atoms with E-state index in [9.17, 15) is 0 Å². The van der Waals surface area contributed by atoms with Crippen molar-refractivity contribution in [2.24, 2.45) is 0 Å². The van der Waals surface area contributed by atoms with Gasteiger partial charge in [-0.05, 0) is 12.1 Å². The number of aromatic nitrogens is 1. The minimum atomic E-state index is 1.09. The van der Waals surface area contributed by atoms with Gasteiger partial charge in [-0.15, -0.1) is 0 Å². The Morgan fingerprint density at radius 3 is 3.50 bits per heavy atom. The number of nitrogens with one attached hydrogen (secondary N) is 1. The van der Waals surface area contributed by atoms with E-state index in [2.05, 4.69) is 28.2 Å². The van der Waals surface area contributed by atoms with Crippen molar-refractivity contribution in [3.63, 3.8) is 0 Å². The third-order valence-electron chi connectivity index (χ3n) is 1.49. The predicted octanol–water partition coefficient (Wildman–Crippen LogP) is 0.914. The molecule has 2 heterocycles. The molecule has 2 rings (SSSR count). The summed E-state index contributed by atoms with van der Waals surface area (Å²) in [5, 5.41) is 3.24. The predicted molar refractivity (Wildman–Crippen MR) is 32.9 cm³/mol. The van der Waals surface area contributed by atoms with Crippen LogP contribution in [-0.2, 0) is 6.54 Å². The smallest absolute Gasteiger partial charge is 0.105 e. The van der Waals surface area contributed by atoms with Crippen LogP contribution in [0.1, 0.15) is 0 Å². The first-order valence-electron chi connectivity index (χ1n) is 2.86. The Morgan fingerprint density at radius 1 is 1.62 bits per heavy atom. The summed E-state index contributed by atoms with van der Waals surface area (Å²) in [7, 11) is 0. The molecule has 1 aromatic rings. The van der Waals surface area contributed by atoms with E-state index in [4.69, 9.17) is 0 Å². The van der Waals surface area contributed by atoms with E-state index in [1.54, 1.807) is 0 Å². The molecule has 0 spiro atoms. The lowest BCUT2D eigenvalue weighted by molar-refractivity contribution is 0.811. The van der Waals surface area contributed by atoms with Gasteiger partial charge < -0.3 is 9.88 Å². The van der Waals surface area contributed by atoms with Crippen molar-refractivity contribution in [1.29, 1.82) is 0 Å². The highest BCUT2D eigenvalue weighted by Gasteiger charge is 2.04. The van der Waals surface area contributed by atoms with E-state index in [1.807, 2.05) is 0 Å². The minimum Gasteiger partial charge on any atom is -0.370 e. The van der Waals surface area contributed by atoms with Gasteiger partial charge in [0.2, 0.25) is 0 Å². The van der Waals surface area contributed by atoms with Crippen LogP contribution in [0.2, 0.25) is 0 Å². The van der Waals surface area contributed by atoms with Gasteiger partial charge in [0, 0.05) is 19.3 Å². The quantitative estimate of drug-likeness (QED) is 0.522. The van der Waals surface area contributed by atoms with Crippen LogP contribution in [0, 0.1) is 0 Å². The van der Waals surface area contributed by atoms with Gasteiger partial charge in [-0.1, -0.05) is 0 Å². The highest BCUT2D eigenvalue weighted by atomic mass is 15.2. The monoisotopic (exact) mass is 108 g/mol. The van der Waals surface area contributed by atoms with Crippen molar-refractivity contribution in [3.8, 4) is 0 Å². The molecule has 0 amide bonds. The van der Waals surface area contributed by atoms with Crippen LogP contribution in [0.3, 0.4) is 0 Å². The van der Waals surface area contributed by atoms with Crippen molar-refractivity contribution in [2.75, 3.05) is 11.9 Å². The fourth-order valence-corrected chi connectivity index (χ4v) is 1.07. The maximum atomic E-state index is 3.24. The number of hydrogen-bond donors (Lipinski definition) is 1. The van der Waals surface area contributed by atoms with Gasteiger partial charge in [-0.2, -0.15) is 0 Å². The third-order valence-corrected chi connectivity index (χ3v) is 1.49. The maximum Gasteiger partial charge on any atom is 0.105 e. The largest absolute Gasteiger partial charge is 0.370 e. The summed E-state index contributed by atoms with van der Waals surface area (Å²) < 4.78 is 2.21. The SMILES string of the molecule is c1cc2n(c1)CCN2. The summed E-state index contributed by atoms with van der Waals surface area (Å²) in [4.78, 5) is 0. The second-order valence-corrected chi connectivity index (χ2v) is 2.01. The number of hydrogen-bond acceptors (Lipinski definition) is 1. The molecule has 1 aliphatic rings. The summed E-state index contributed by atoms with van der Waals surface area (Å²) in [5.41, 5.74) is 0. The van der Waals surface area contributed by atoms with Gasteiger partial charge >= 0.3 is 0 Å². The Morgan fingerprint density at radius 2 is 2.62 bits per heavy atom. The zero-order valence-electron chi connectivity index (χ0n) is 4.59. The highest BCUT2D eigenvalue weighted by Crippen LogP contribution is 2.12. The minimum absolute atomic E-state index is 1.09. The topological polar surface area (TPSA) is 17.0 Å². The third kappa shape index (κ3) is 0.372. The molecule has 0 aromatic carbocycles. The molecule has 0 unspecified atom stereocenters. The van der Waals surface area contributed by atoms with Crippen LogP contribution in [0.15, 0.2) is 18.3 Å². The van der Waals surface area contributed by atoms with Crippen LogP contribution in [-0.4, -0.2) is 11.1 Å².